The predicted molar refractivity (Wildman–Crippen MR) is 129 cm³/mol. The minimum absolute atomic E-state index is 0.0184. The normalized spacial score (nSPS) is 22.6. The van der Waals surface area contributed by atoms with E-state index in [0.29, 0.717) is 5.56 Å². The number of rotatable bonds is 7. The maximum atomic E-state index is 14.8. The highest BCUT2D eigenvalue weighted by molar-refractivity contribution is 6.58. The summed E-state index contributed by atoms with van der Waals surface area (Å²) in [5.74, 6) is -1.74. The van der Waals surface area contributed by atoms with Gasteiger partial charge in [-0.3, -0.25) is 0 Å². The second kappa shape index (κ2) is 11.2. The predicted octanol–water partition coefficient (Wildman–Crippen LogP) is 9.28. The average molecular weight is 476 g/mol. The molecule has 0 nitrogen and oxygen atoms in total. The van der Waals surface area contributed by atoms with E-state index in [1.165, 1.54) is 68.4 Å². The summed E-state index contributed by atoms with van der Waals surface area (Å²) in [5, 5.41) is 0. The fourth-order valence-corrected chi connectivity index (χ4v) is 9.08. The van der Waals surface area contributed by atoms with Crippen molar-refractivity contribution >= 4 is 8.80 Å². The summed E-state index contributed by atoms with van der Waals surface area (Å²) in [6, 6.07) is 10.2. The molecule has 0 unspecified atom stereocenters. The standard InChI is InChI=1S/C28H35F4Si/c1-2-13-33-14-11-20(12-15-33)4-3-19-5-7-21(8-6-19)23-17-26(31)28(27(32)18-23)22-9-10-24(29)25(30)16-22/h9-10,16-21H,2-8,11-15H2,1H3. The van der Waals surface area contributed by atoms with E-state index in [0.717, 1.165) is 49.7 Å². The van der Waals surface area contributed by atoms with Crippen molar-refractivity contribution in [3.8, 4) is 11.1 Å². The first-order valence-corrected chi connectivity index (χ1v) is 14.8. The summed E-state index contributed by atoms with van der Waals surface area (Å²) in [7, 11) is -0.0394. The summed E-state index contributed by atoms with van der Waals surface area (Å²) >= 11 is 0. The molecule has 1 saturated heterocycles. The van der Waals surface area contributed by atoms with Gasteiger partial charge in [0.1, 0.15) is 11.6 Å². The van der Waals surface area contributed by atoms with Crippen molar-refractivity contribution in [1.82, 2.24) is 0 Å². The third kappa shape index (κ3) is 6.09. The fraction of sp³-hybridized carbons (Fsp3) is 0.571. The monoisotopic (exact) mass is 475 g/mol. The van der Waals surface area contributed by atoms with Gasteiger partial charge in [-0.15, -0.1) is 0 Å². The largest absolute Gasteiger partial charge is 0.206 e. The van der Waals surface area contributed by atoms with Gasteiger partial charge in [0.15, 0.2) is 11.6 Å². The van der Waals surface area contributed by atoms with Crippen LogP contribution in [-0.4, -0.2) is 8.80 Å². The number of hydrogen-bond acceptors (Lipinski definition) is 0. The molecule has 0 spiro atoms. The van der Waals surface area contributed by atoms with Gasteiger partial charge in [-0.05, 0) is 78.8 Å². The van der Waals surface area contributed by atoms with Crippen LogP contribution in [0.15, 0.2) is 30.3 Å². The molecule has 2 aliphatic rings. The molecule has 1 aliphatic carbocycles. The van der Waals surface area contributed by atoms with Crippen LogP contribution in [0.3, 0.4) is 0 Å². The van der Waals surface area contributed by atoms with Crippen LogP contribution in [0, 0.1) is 35.1 Å². The van der Waals surface area contributed by atoms with Crippen LogP contribution in [0.25, 0.3) is 11.1 Å². The Morgan fingerprint density at radius 1 is 0.727 bits per heavy atom. The Morgan fingerprint density at radius 3 is 1.91 bits per heavy atom. The van der Waals surface area contributed by atoms with E-state index in [-0.39, 0.29) is 25.8 Å². The minimum Gasteiger partial charge on any atom is -0.206 e. The topological polar surface area (TPSA) is 0 Å². The second-order valence-corrected chi connectivity index (χ2v) is 13.2. The van der Waals surface area contributed by atoms with Gasteiger partial charge < -0.3 is 0 Å². The number of halogens is 4. The summed E-state index contributed by atoms with van der Waals surface area (Å²) in [4.78, 5) is 0. The van der Waals surface area contributed by atoms with Crippen LogP contribution in [0.4, 0.5) is 17.6 Å². The lowest BCUT2D eigenvalue weighted by molar-refractivity contribution is 0.279. The Bertz CT molecular complexity index is 904. The number of hydrogen-bond donors (Lipinski definition) is 0. The van der Waals surface area contributed by atoms with E-state index in [1.807, 2.05) is 0 Å². The van der Waals surface area contributed by atoms with Gasteiger partial charge in [-0.1, -0.05) is 63.2 Å². The van der Waals surface area contributed by atoms with E-state index in [4.69, 9.17) is 0 Å². The molecular weight excluding hydrogens is 440 g/mol. The molecule has 2 fully saturated rings. The Kier molecular flexibility index (Phi) is 8.32. The molecule has 2 aromatic rings. The molecule has 1 aliphatic heterocycles. The van der Waals surface area contributed by atoms with Gasteiger partial charge in [0.25, 0.3) is 0 Å². The second-order valence-electron chi connectivity index (χ2n) is 10.2. The molecular formula is C28H35F4Si. The van der Waals surface area contributed by atoms with Gasteiger partial charge in [0.05, 0.1) is 5.56 Å². The first-order valence-electron chi connectivity index (χ1n) is 12.7. The van der Waals surface area contributed by atoms with Gasteiger partial charge in [-0.2, -0.15) is 0 Å². The zero-order valence-electron chi connectivity index (χ0n) is 19.6. The average Bonchev–Trinajstić information content (AvgIpc) is 2.81. The summed E-state index contributed by atoms with van der Waals surface area (Å²) in [5.41, 5.74) is 0.416. The van der Waals surface area contributed by atoms with E-state index >= 15 is 0 Å². The highest BCUT2D eigenvalue weighted by atomic mass is 28.3. The van der Waals surface area contributed by atoms with E-state index < -0.39 is 23.3 Å². The zero-order valence-corrected chi connectivity index (χ0v) is 20.6. The summed E-state index contributed by atoms with van der Waals surface area (Å²) in [6.07, 6.45) is 11.0. The van der Waals surface area contributed by atoms with Crippen LogP contribution in [-0.2, 0) is 0 Å². The molecule has 33 heavy (non-hydrogen) atoms. The molecule has 0 atom stereocenters. The fourth-order valence-electron chi connectivity index (χ4n) is 5.99. The lowest BCUT2D eigenvalue weighted by Gasteiger charge is -2.32. The lowest BCUT2D eigenvalue weighted by atomic mass is 9.76. The third-order valence-corrected chi connectivity index (χ3v) is 11.2. The molecule has 4 rings (SSSR count). The van der Waals surface area contributed by atoms with Crippen molar-refractivity contribution in [2.75, 3.05) is 0 Å². The van der Waals surface area contributed by atoms with Crippen LogP contribution < -0.4 is 0 Å². The van der Waals surface area contributed by atoms with E-state index in [9.17, 15) is 17.6 Å². The molecule has 0 aromatic heterocycles. The quantitative estimate of drug-likeness (QED) is 0.276. The Morgan fingerprint density at radius 2 is 1.33 bits per heavy atom. The first kappa shape index (κ1) is 24.5. The zero-order chi connectivity index (χ0) is 23.4. The Hall–Kier alpha value is -1.62. The molecule has 179 valence electrons. The highest BCUT2D eigenvalue weighted by Crippen LogP contribution is 2.41. The van der Waals surface area contributed by atoms with Crippen molar-refractivity contribution in [1.29, 1.82) is 0 Å². The van der Waals surface area contributed by atoms with Gasteiger partial charge >= 0.3 is 0 Å². The third-order valence-electron chi connectivity index (χ3n) is 7.99. The Labute approximate surface area is 197 Å². The summed E-state index contributed by atoms with van der Waals surface area (Å²) in [6.45, 7) is 2.31. The SMILES string of the molecule is CCC[Si]1CCC(CCC2CCC(c3cc(F)c(-c4ccc(F)c(F)c4)c(F)c3)CC2)CC1. The van der Waals surface area contributed by atoms with Gasteiger partial charge in [0.2, 0.25) is 0 Å². The van der Waals surface area contributed by atoms with Crippen LogP contribution >= 0.6 is 0 Å². The number of benzene rings is 2. The smallest absolute Gasteiger partial charge is 0.159 e. The molecule has 1 heterocycles. The van der Waals surface area contributed by atoms with Crippen LogP contribution in [0.5, 0.6) is 0 Å². The van der Waals surface area contributed by atoms with Crippen molar-refractivity contribution in [3.63, 3.8) is 0 Å². The molecule has 0 bridgehead atoms. The first-order chi connectivity index (χ1) is 15.9. The van der Waals surface area contributed by atoms with Crippen molar-refractivity contribution in [2.45, 2.75) is 88.8 Å². The molecule has 0 N–H and O–H groups in total. The maximum Gasteiger partial charge on any atom is 0.159 e. The molecule has 5 heteroatoms. The van der Waals surface area contributed by atoms with Crippen LogP contribution in [0.1, 0.15) is 76.2 Å². The molecule has 1 radical (unpaired) electrons. The lowest BCUT2D eigenvalue weighted by Crippen LogP contribution is -2.22. The van der Waals surface area contributed by atoms with Crippen molar-refractivity contribution in [2.24, 2.45) is 11.8 Å². The van der Waals surface area contributed by atoms with Crippen molar-refractivity contribution < 1.29 is 17.6 Å². The minimum atomic E-state index is -1.11. The summed E-state index contributed by atoms with van der Waals surface area (Å²) < 4.78 is 56.4. The van der Waals surface area contributed by atoms with Gasteiger partial charge in [-0.25, -0.2) is 17.6 Å². The van der Waals surface area contributed by atoms with Crippen LogP contribution in [0.2, 0.25) is 18.1 Å². The molecule has 2 aromatic carbocycles. The molecule has 1 saturated carbocycles. The van der Waals surface area contributed by atoms with Crippen molar-refractivity contribution in [3.05, 3.63) is 59.2 Å². The van der Waals surface area contributed by atoms with E-state index in [1.54, 1.807) is 0 Å². The van der Waals surface area contributed by atoms with Gasteiger partial charge in [0, 0.05) is 8.80 Å². The van der Waals surface area contributed by atoms with E-state index in [2.05, 4.69) is 6.92 Å². The maximum absolute atomic E-state index is 14.8. The Balaban J connectivity index is 1.30. The molecule has 0 amide bonds. The highest BCUT2D eigenvalue weighted by Gasteiger charge is 2.27.